The molecule has 2 atom stereocenters. The van der Waals surface area contributed by atoms with E-state index in [1.54, 1.807) is 4.68 Å². The average molecular weight is 243 g/mol. The van der Waals surface area contributed by atoms with Gasteiger partial charge in [0.15, 0.2) is 0 Å². The van der Waals surface area contributed by atoms with Crippen molar-refractivity contribution in [3.8, 4) is 0 Å². The molecule has 0 aliphatic rings. The number of hydrogen-bond acceptors (Lipinski definition) is 3. The second-order valence-corrected chi connectivity index (χ2v) is 6.91. The van der Waals surface area contributed by atoms with Crippen molar-refractivity contribution in [1.29, 1.82) is 0 Å². The first kappa shape index (κ1) is 13.5. The fraction of sp³-hybridized carbons (Fsp3) is 0.727. The zero-order valence-electron chi connectivity index (χ0n) is 10.7. The Balaban J connectivity index is 2.70. The molecule has 1 rings (SSSR count). The van der Waals surface area contributed by atoms with E-state index in [9.17, 15) is 4.55 Å². The van der Waals surface area contributed by atoms with Crippen LogP contribution in [0.5, 0.6) is 0 Å². The topological polar surface area (TPSA) is 52.9 Å². The molecule has 0 amide bonds. The maximum absolute atomic E-state index is 12.0. The molecule has 1 N–H and O–H groups in total. The van der Waals surface area contributed by atoms with E-state index in [-0.39, 0.29) is 10.8 Å². The van der Waals surface area contributed by atoms with Gasteiger partial charge >= 0.3 is 0 Å². The predicted molar refractivity (Wildman–Crippen MR) is 67.3 cm³/mol. The normalized spacial score (nSPS) is 16.1. The quantitative estimate of drug-likeness (QED) is 0.822. The summed E-state index contributed by atoms with van der Waals surface area (Å²) in [6.07, 6.45) is 4.68. The number of rotatable bonds is 4. The fourth-order valence-electron chi connectivity index (χ4n) is 1.31. The minimum absolute atomic E-state index is 0.105. The lowest BCUT2D eigenvalue weighted by molar-refractivity contribution is 0.518. The summed E-state index contributed by atoms with van der Waals surface area (Å²) in [6, 6.07) is 0.105. The van der Waals surface area contributed by atoms with E-state index in [2.05, 4.69) is 16.7 Å². The molecule has 0 bridgehead atoms. The highest BCUT2D eigenvalue weighted by molar-refractivity contribution is 7.90. The molecule has 0 aliphatic carbocycles. The number of hydrogen-bond donors (Lipinski definition) is 1. The van der Waals surface area contributed by atoms with Crippen LogP contribution in [0.1, 0.15) is 45.7 Å². The van der Waals surface area contributed by atoms with Gasteiger partial charge in [-0.05, 0) is 27.2 Å². The van der Waals surface area contributed by atoms with Crippen LogP contribution in [-0.4, -0.2) is 19.1 Å². The fourth-order valence-corrected chi connectivity index (χ4v) is 2.23. The first-order valence-corrected chi connectivity index (χ1v) is 6.66. The monoisotopic (exact) mass is 243 g/mol. The van der Waals surface area contributed by atoms with E-state index >= 15 is 0 Å². The molecule has 0 aromatic carbocycles. The van der Waals surface area contributed by atoms with Crippen molar-refractivity contribution in [1.82, 2.24) is 14.5 Å². The highest BCUT2D eigenvalue weighted by Crippen LogP contribution is 2.21. The molecule has 0 saturated carbocycles. The molecule has 92 valence electrons. The molecule has 1 heterocycles. The van der Waals surface area contributed by atoms with E-state index in [0.717, 1.165) is 12.0 Å². The molecule has 0 saturated heterocycles. The van der Waals surface area contributed by atoms with Crippen LogP contribution in [0.15, 0.2) is 12.4 Å². The van der Waals surface area contributed by atoms with Crippen molar-refractivity contribution in [2.24, 2.45) is 7.05 Å². The maximum atomic E-state index is 12.0. The van der Waals surface area contributed by atoms with Gasteiger partial charge in [0, 0.05) is 30.2 Å². The molecule has 0 aliphatic heterocycles. The Hall–Kier alpha value is -0.520. The highest BCUT2D eigenvalue weighted by atomic mass is 32.2. The van der Waals surface area contributed by atoms with Gasteiger partial charge in [0.1, 0.15) is 4.75 Å². The summed E-state index contributed by atoms with van der Waals surface area (Å²) in [6.45, 7) is 7.97. The van der Waals surface area contributed by atoms with Crippen molar-refractivity contribution >= 4 is 11.4 Å². The summed E-state index contributed by atoms with van der Waals surface area (Å²) in [4.78, 5) is 0. The van der Waals surface area contributed by atoms with Crippen LogP contribution in [0.25, 0.3) is 0 Å². The summed E-state index contributed by atoms with van der Waals surface area (Å²) in [5.74, 6) is 0. The van der Waals surface area contributed by atoms with E-state index < -0.39 is 11.4 Å². The predicted octanol–water partition coefficient (Wildman–Crippen LogP) is 1.92. The lowest BCUT2D eigenvalue weighted by Crippen LogP contribution is -2.41. The van der Waals surface area contributed by atoms with Crippen molar-refractivity contribution in [3.63, 3.8) is 0 Å². The summed E-state index contributed by atoms with van der Waals surface area (Å²) < 4.78 is 16.7. The Labute approximate surface area is 101 Å². The van der Waals surface area contributed by atoms with Gasteiger partial charge in [0.2, 0.25) is 0 Å². The van der Waals surface area contributed by atoms with Crippen molar-refractivity contribution in [3.05, 3.63) is 18.0 Å². The van der Waals surface area contributed by atoms with Crippen molar-refractivity contribution in [2.45, 2.75) is 44.9 Å². The van der Waals surface area contributed by atoms with Crippen LogP contribution < -0.4 is 4.72 Å². The van der Waals surface area contributed by atoms with Gasteiger partial charge in [-0.15, -0.1) is 4.72 Å². The van der Waals surface area contributed by atoms with E-state index in [1.807, 2.05) is 40.2 Å². The highest BCUT2D eigenvalue weighted by Gasteiger charge is 2.29. The van der Waals surface area contributed by atoms with Crippen LogP contribution in [0.4, 0.5) is 0 Å². The lowest BCUT2D eigenvalue weighted by Gasteiger charge is -2.27. The molecule has 0 fully saturated rings. The van der Waals surface area contributed by atoms with Gasteiger partial charge in [-0.25, -0.2) is 0 Å². The molecule has 0 radical (unpaired) electrons. The SMILES string of the molecule is CCC(N[S+]([O-])C(C)(C)C)c1cnn(C)c1. The molecule has 0 spiro atoms. The molecule has 1 aromatic rings. The Morgan fingerprint density at radius 1 is 1.56 bits per heavy atom. The second-order valence-electron chi connectivity index (χ2n) is 4.91. The third-order valence-corrected chi connectivity index (χ3v) is 3.95. The smallest absolute Gasteiger partial charge is 0.136 e. The first-order valence-electron chi connectivity index (χ1n) is 5.51. The maximum Gasteiger partial charge on any atom is 0.136 e. The largest absolute Gasteiger partial charge is 0.598 e. The summed E-state index contributed by atoms with van der Waals surface area (Å²) in [5.41, 5.74) is 1.09. The number of aromatic nitrogens is 2. The van der Waals surface area contributed by atoms with Crippen molar-refractivity contribution < 1.29 is 4.55 Å². The van der Waals surface area contributed by atoms with Gasteiger partial charge in [0.05, 0.1) is 12.2 Å². The Bertz CT molecular complexity index is 332. The molecular formula is C11H21N3OS. The summed E-state index contributed by atoms with van der Waals surface area (Å²) in [5, 5.41) is 4.13. The van der Waals surface area contributed by atoms with E-state index in [1.165, 1.54) is 0 Å². The van der Waals surface area contributed by atoms with E-state index in [4.69, 9.17) is 0 Å². The molecular weight excluding hydrogens is 222 g/mol. The number of aryl methyl sites for hydroxylation is 1. The standard InChI is InChI=1S/C11H21N3OS/c1-6-10(9-7-12-14(5)8-9)13-16(15)11(2,3)4/h7-8,10,13H,6H2,1-5H3. The number of nitrogens with one attached hydrogen (secondary N) is 1. The minimum Gasteiger partial charge on any atom is -0.598 e. The average Bonchev–Trinajstić information content (AvgIpc) is 2.59. The third-order valence-electron chi connectivity index (χ3n) is 2.34. The Kier molecular flexibility index (Phi) is 4.41. The minimum atomic E-state index is -1.05. The second kappa shape index (κ2) is 5.21. The summed E-state index contributed by atoms with van der Waals surface area (Å²) in [7, 11) is 1.89. The van der Waals surface area contributed by atoms with Gasteiger partial charge in [0.25, 0.3) is 0 Å². The van der Waals surface area contributed by atoms with Crippen LogP contribution >= 0.6 is 0 Å². The Morgan fingerprint density at radius 2 is 2.19 bits per heavy atom. The number of nitrogens with zero attached hydrogens (tertiary/aromatic N) is 2. The van der Waals surface area contributed by atoms with Crippen LogP contribution in [0, 0.1) is 0 Å². The molecule has 1 aromatic heterocycles. The van der Waals surface area contributed by atoms with Crippen molar-refractivity contribution in [2.75, 3.05) is 0 Å². The molecule has 16 heavy (non-hydrogen) atoms. The van der Waals surface area contributed by atoms with Crippen LogP contribution in [0.2, 0.25) is 0 Å². The lowest BCUT2D eigenvalue weighted by atomic mass is 10.1. The zero-order chi connectivity index (χ0) is 12.3. The van der Waals surface area contributed by atoms with Gasteiger partial charge in [-0.2, -0.15) is 5.10 Å². The van der Waals surface area contributed by atoms with E-state index in [0.29, 0.717) is 0 Å². The first-order chi connectivity index (χ1) is 7.34. The Morgan fingerprint density at radius 3 is 2.56 bits per heavy atom. The van der Waals surface area contributed by atoms with Gasteiger partial charge in [-0.1, -0.05) is 6.92 Å². The zero-order valence-corrected chi connectivity index (χ0v) is 11.5. The van der Waals surface area contributed by atoms with Gasteiger partial charge in [-0.3, -0.25) is 4.68 Å². The third kappa shape index (κ3) is 3.50. The summed E-state index contributed by atoms with van der Waals surface area (Å²) >= 11 is -1.05. The van der Waals surface area contributed by atoms with Gasteiger partial charge < -0.3 is 4.55 Å². The van der Waals surface area contributed by atoms with Crippen LogP contribution in [-0.2, 0) is 18.4 Å². The van der Waals surface area contributed by atoms with Crippen LogP contribution in [0.3, 0.4) is 0 Å². The molecule has 2 unspecified atom stereocenters. The molecule has 5 heteroatoms. The molecule has 4 nitrogen and oxygen atoms in total.